The van der Waals surface area contributed by atoms with Gasteiger partial charge in [-0.2, -0.15) is 0 Å². The fourth-order valence-electron chi connectivity index (χ4n) is 2.63. The van der Waals surface area contributed by atoms with E-state index in [1.54, 1.807) is 54.6 Å². The predicted octanol–water partition coefficient (Wildman–Crippen LogP) is 5.45. The summed E-state index contributed by atoms with van der Waals surface area (Å²) in [5.41, 5.74) is 1.96. The first-order valence-corrected chi connectivity index (χ1v) is 8.31. The number of halogens is 2. The molecule has 2 aromatic rings. The molecule has 5 heteroatoms. The van der Waals surface area contributed by atoms with Gasteiger partial charge in [-0.25, -0.2) is 13.6 Å². The molecule has 2 N–H and O–H groups in total. The van der Waals surface area contributed by atoms with Crippen molar-refractivity contribution in [3.8, 4) is 0 Å². The third kappa shape index (κ3) is 5.01. The van der Waals surface area contributed by atoms with Crippen molar-refractivity contribution in [2.75, 3.05) is 5.32 Å². The average molecular weight is 365 g/mol. The van der Waals surface area contributed by atoms with Crippen LogP contribution in [0.3, 0.4) is 0 Å². The predicted molar refractivity (Wildman–Crippen MR) is 104 cm³/mol. The molecule has 1 aliphatic carbocycles. The van der Waals surface area contributed by atoms with Crippen LogP contribution in [0.1, 0.15) is 21.5 Å². The maximum atomic E-state index is 13.3. The average Bonchev–Trinajstić information content (AvgIpc) is 2.84. The number of benzene rings is 2. The zero-order valence-electron chi connectivity index (χ0n) is 14.3. The first kappa shape index (κ1) is 18.3. The van der Waals surface area contributed by atoms with Crippen LogP contribution in [-0.4, -0.2) is 17.1 Å². The third-order valence-corrected chi connectivity index (χ3v) is 3.95. The van der Waals surface area contributed by atoms with Crippen molar-refractivity contribution in [2.45, 2.75) is 6.04 Å². The Balaban J connectivity index is 1.86. The minimum Gasteiger partial charge on any atom is -0.478 e. The molecule has 0 fully saturated rings. The van der Waals surface area contributed by atoms with E-state index in [0.29, 0.717) is 11.3 Å². The molecule has 0 saturated carbocycles. The number of hydrogen-bond acceptors (Lipinski definition) is 2. The Morgan fingerprint density at radius 2 is 1.81 bits per heavy atom. The van der Waals surface area contributed by atoms with Gasteiger partial charge in [0, 0.05) is 0 Å². The normalized spacial score (nSPS) is 16.2. The minimum atomic E-state index is -1.07. The van der Waals surface area contributed by atoms with Gasteiger partial charge >= 0.3 is 5.97 Å². The number of aromatic carboxylic acids is 1. The van der Waals surface area contributed by atoms with Gasteiger partial charge in [-0.3, -0.25) is 0 Å². The monoisotopic (exact) mass is 365 g/mol. The van der Waals surface area contributed by atoms with Crippen LogP contribution in [0.25, 0.3) is 12.2 Å². The summed E-state index contributed by atoms with van der Waals surface area (Å²) in [4.78, 5) is 11.5. The van der Waals surface area contributed by atoms with E-state index in [4.69, 9.17) is 0 Å². The highest BCUT2D eigenvalue weighted by Gasteiger charge is 2.13. The van der Waals surface area contributed by atoms with Crippen molar-refractivity contribution < 1.29 is 18.7 Å². The number of hydrogen-bond donors (Lipinski definition) is 2. The summed E-state index contributed by atoms with van der Waals surface area (Å²) >= 11 is 0. The van der Waals surface area contributed by atoms with E-state index in [0.717, 1.165) is 5.56 Å². The van der Waals surface area contributed by atoms with E-state index in [-0.39, 0.29) is 23.2 Å². The van der Waals surface area contributed by atoms with Crippen molar-refractivity contribution in [1.82, 2.24) is 0 Å². The van der Waals surface area contributed by atoms with Gasteiger partial charge in [0.2, 0.25) is 0 Å². The van der Waals surface area contributed by atoms with Crippen molar-refractivity contribution in [3.63, 3.8) is 0 Å². The highest BCUT2D eigenvalue weighted by molar-refractivity contribution is 5.95. The topological polar surface area (TPSA) is 49.3 Å². The zero-order valence-corrected chi connectivity index (χ0v) is 14.3. The summed E-state index contributed by atoms with van der Waals surface area (Å²) in [6.07, 6.45) is 11.1. The lowest BCUT2D eigenvalue weighted by molar-refractivity contribution is 0.0698. The van der Waals surface area contributed by atoms with Crippen molar-refractivity contribution in [2.24, 2.45) is 0 Å². The largest absolute Gasteiger partial charge is 0.478 e. The summed E-state index contributed by atoms with van der Waals surface area (Å²) in [5.74, 6) is -1.77. The van der Waals surface area contributed by atoms with Crippen LogP contribution < -0.4 is 5.32 Å². The molecule has 0 heterocycles. The number of carbonyl (C=O) groups is 1. The van der Waals surface area contributed by atoms with E-state index in [9.17, 15) is 18.7 Å². The van der Waals surface area contributed by atoms with Crippen molar-refractivity contribution >= 4 is 23.8 Å². The van der Waals surface area contributed by atoms with Gasteiger partial charge in [-0.05, 0) is 47.5 Å². The Morgan fingerprint density at radius 3 is 2.56 bits per heavy atom. The van der Waals surface area contributed by atoms with E-state index in [1.807, 2.05) is 0 Å². The molecule has 0 amide bonds. The minimum absolute atomic E-state index is 0.109. The van der Waals surface area contributed by atoms with Gasteiger partial charge < -0.3 is 10.4 Å². The molecule has 0 saturated heterocycles. The van der Waals surface area contributed by atoms with Gasteiger partial charge in [0.25, 0.3) is 0 Å². The molecule has 0 bridgehead atoms. The molecule has 136 valence electrons. The maximum Gasteiger partial charge on any atom is 0.337 e. The lowest BCUT2D eigenvalue weighted by Crippen LogP contribution is -2.16. The summed E-state index contributed by atoms with van der Waals surface area (Å²) in [7, 11) is 0. The number of carboxylic acids is 1. The Bertz CT molecular complexity index is 974. The van der Waals surface area contributed by atoms with Crippen molar-refractivity contribution in [3.05, 3.63) is 101 Å². The fraction of sp³-hybridized carbons (Fsp3) is 0.0455. The molecule has 3 nitrogen and oxygen atoms in total. The molecule has 1 unspecified atom stereocenters. The van der Waals surface area contributed by atoms with Gasteiger partial charge in [-0.1, -0.05) is 48.6 Å². The Hall–Kier alpha value is -3.47. The van der Waals surface area contributed by atoms with E-state index in [1.165, 1.54) is 30.4 Å². The Kier molecular flexibility index (Phi) is 5.61. The standard InChI is InChI=1S/C22H17F2NO2/c23-17-4-2-6-19(11-10-17)25-21-14-16(9-12-20(21)22(26)27)8-7-15-3-1-5-18(24)13-15/h1-14,19,25H,(H,26,27)/b8-7+. The molecule has 1 atom stereocenters. The summed E-state index contributed by atoms with van der Waals surface area (Å²) in [6, 6.07) is 10.7. The van der Waals surface area contributed by atoms with Crippen LogP contribution in [0.2, 0.25) is 0 Å². The third-order valence-electron chi connectivity index (χ3n) is 3.95. The fourth-order valence-corrected chi connectivity index (χ4v) is 2.63. The lowest BCUT2D eigenvalue weighted by Gasteiger charge is -2.15. The number of nitrogens with one attached hydrogen (secondary N) is 1. The molecule has 1 aliphatic rings. The van der Waals surface area contributed by atoms with E-state index < -0.39 is 5.97 Å². The van der Waals surface area contributed by atoms with Crippen LogP contribution in [0.4, 0.5) is 14.5 Å². The van der Waals surface area contributed by atoms with Gasteiger partial charge in [0.15, 0.2) is 0 Å². The SMILES string of the molecule is O=C(O)c1ccc(/C=C/c2cccc(F)c2)cc1NC1C=CC=C(F)C=C1. The summed E-state index contributed by atoms with van der Waals surface area (Å²) in [6.45, 7) is 0. The number of anilines is 1. The number of rotatable bonds is 5. The van der Waals surface area contributed by atoms with Crippen LogP contribution in [0.5, 0.6) is 0 Å². The quantitative estimate of drug-likeness (QED) is 0.692. The van der Waals surface area contributed by atoms with Gasteiger partial charge in [0.05, 0.1) is 17.3 Å². The van der Waals surface area contributed by atoms with Crippen molar-refractivity contribution in [1.29, 1.82) is 0 Å². The number of allylic oxidation sites excluding steroid dienone is 4. The van der Waals surface area contributed by atoms with Crippen LogP contribution in [0, 0.1) is 5.82 Å². The van der Waals surface area contributed by atoms with Crippen LogP contribution in [0.15, 0.2) is 78.7 Å². The molecule has 2 aromatic carbocycles. The molecule has 0 radical (unpaired) electrons. The first-order chi connectivity index (χ1) is 13.0. The molecule has 0 spiro atoms. The van der Waals surface area contributed by atoms with Crippen LogP contribution in [-0.2, 0) is 0 Å². The molecular formula is C22H17F2NO2. The number of carboxylic acid groups (broad SMARTS) is 1. The first-order valence-electron chi connectivity index (χ1n) is 8.31. The van der Waals surface area contributed by atoms with Gasteiger partial charge in [0.1, 0.15) is 11.6 Å². The van der Waals surface area contributed by atoms with E-state index in [2.05, 4.69) is 5.32 Å². The van der Waals surface area contributed by atoms with Crippen LogP contribution >= 0.6 is 0 Å². The molecule has 0 aromatic heterocycles. The lowest BCUT2D eigenvalue weighted by atomic mass is 10.1. The Morgan fingerprint density at radius 1 is 1.04 bits per heavy atom. The Labute approximate surface area is 155 Å². The molecular weight excluding hydrogens is 348 g/mol. The molecule has 3 rings (SSSR count). The zero-order chi connectivity index (χ0) is 19.2. The van der Waals surface area contributed by atoms with Gasteiger partial charge in [-0.15, -0.1) is 0 Å². The summed E-state index contributed by atoms with van der Waals surface area (Å²) in [5, 5.41) is 12.5. The second kappa shape index (κ2) is 8.27. The smallest absolute Gasteiger partial charge is 0.337 e. The highest BCUT2D eigenvalue weighted by atomic mass is 19.1. The molecule has 0 aliphatic heterocycles. The maximum absolute atomic E-state index is 13.3. The summed E-state index contributed by atoms with van der Waals surface area (Å²) < 4.78 is 26.5. The van der Waals surface area contributed by atoms with E-state index >= 15 is 0 Å². The highest BCUT2D eigenvalue weighted by Crippen LogP contribution is 2.22. The molecule has 27 heavy (non-hydrogen) atoms. The second-order valence-corrected chi connectivity index (χ2v) is 5.96. The second-order valence-electron chi connectivity index (χ2n) is 5.96.